The van der Waals surface area contributed by atoms with Gasteiger partial charge in [0.25, 0.3) is 0 Å². The first-order valence-corrected chi connectivity index (χ1v) is 25.9. The van der Waals surface area contributed by atoms with Crippen molar-refractivity contribution in [3.63, 3.8) is 0 Å². The maximum absolute atomic E-state index is 14.7. The second kappa shape index (κ2) is 17.8. The molecule has 0 radical (unpaired) electrons. The van der Waals surface area contributed by atoms with E-state index in [0.29, 0.717) is 18.2 Å². The summed E-state index contributed by atoms with van der Waals surface area (Å²) in [6.45, 7) is 13.7. The summed E-state index contributed by atoms with van der Waals surface area (Å²) in [5.74, 6) is 1.58. The van der Waals surface area contributed by atoms with Crippen LogP contribution in [0.2, 0.25) is 0 Å². The van der Waals surface area contributed by atoms with Gasteiger partial charge in [-0.15, -0.1) is 0 Å². The summed E-state index contributed by atoms with van der Waals surface area (Å²) in [6, 6.07) is 69.2. The maximum atomic E-state index is 14.7. The van der Waals surface area contributed by atoms with Crippen LogP contribution in [0.15, 0.2) is 212 Å². The molecule has 0 amide bonds. The molecular formula is C68H55F2N5O. The number of fused-ring (bicyclic) bond motifs is 7. The Morgan fingerprint density at radius 2 is 0.921 bits per heavy atom. The minimum absolute atomic E-state index is 0.0661. The molecule has 1 aliphatic heterocycles. The molecule has 8 heteroatoms. The van der Waals surface area contributed by atoms with Crippen molar-refractivity contribution in [1.29, 1.82) is 0 Å². The Morgan fingerprint density at radius 3 is 1.49 bits per heavy atom. The Labute approximate surface area is 441 Å². The highest BCUT2D eigenvalue weighted by Gasteiger charge is 2.33. The van der Waals surface area contributed by atoms with E-state index in [4.69, 9.17) is 9.72 Å². The molecule has 3 aromatic heterocycles. The lowest BCUT2D eigenvalue weighted by atomic mass is 9.82. The Balaban J connectivity index is 1.01. The highest BCUT2D eigenvalue weighted by molar-refractivity contribution is 6.10. The first kappa shape index (κ1) is 46.8. The van der Waals surface area contributed by atoms with Crippen LogP contribution in [0, 0.1) is 11.6 Å². The van der Waals surface area contributed by atoms with Crippen LogP contribution in [0.25, 0.3) is 77.4 Å². The molecule has 0 atom stereocenters. The quantitative estimate of drug-likeness (QED) is 0.152. The number of rotatable bonds is 8. The monoisotopic (exact) mass is 995 g/mol. The van der Waals surface area contributed by atoms with E-state index in [1.807, 2.05) is 30.5 Å². The molecule has 6 nitrogen and oxygen atoms in total. The average Bonchev–Trinajstić information content (AvgIpc) is 4.21. The number of anilines is 4. The molecular weight excluding hydrogens is 941 g/mol. The molecule has 0 saturated carbocycles. The topological polar surface area (TPSA) is 38.5 Å². The van der Waals surface area contributed by atoms with Crippen LogP contribution in [0.1, 0.15) is 52.7 Å². The highest BCUT2D eigenvalue weighted by atomic mass is 19.1. The van der Waals surface area contributed by atoms with Crippen LogP contribution < -0.4 is 14.5 Å². The Morgan fingerprint density at radius 1 is 0.421 bits per heavy atom. The number of hydrogen-bond acceptors (Lipinski definition) is 4. The van der Waals surface area contributed by atoms with Crippen molar-refractivity contribution in [2.45, 2.75) is 52.4 Å². The van der Waals surface area contributed by atoms with Gasteiger partial charge in [0, 0.05) is 62.8 Å². The van der Waals surface area contributed by atoms with Crippen molar-refractivity contribution in [2.24, 2.45) is 0 Å². The molecule has 4 heterocycles. The van der Waals surface area contributed by atoms with E-state index in [9.17, 15) is 8.78 Å². The molecule has 0 aliphatic carbocycles. The van der Waals surface area contributed by atoms with Gasteiger partial charge in [0.1, 0.15) is 35.6 Å². The predicted molar refractivity (Wildman–Crippen MR) is 310 cm³/mol. The largest absolute Gasteiger partial charge is 0.457 e. The molecule has 0 N–H and O–H groups in total. The van der Waals surface area contributed by atoms with Gasteiger partial charge in [0.15, 0.2) is 0 Å². The van der Waals surface area contributed by atoms with Crippen molar-refractivity contribution in [3.8, 4) is 45.3 Å². The third-order valence-electron chi connectivity index (χ3n) is 15.1. The van der Waals surface area contributed by atoms with E-state index in [2.05, 4.69) is 218 Å². The zero-order valence-electron chi connectivity index (χ0n) is 43.3. The summed E-state index contributed by atoms with van der Waals surface area (Å²) in [5, 5.41) is 4.56. The normalized spacial score (nSPS) is 12.9. The lowest BCUT2D eigenvalue weighted by Gasteiger charge is -2.30. The summed E-state index contributed by atoms with van der Waals surface area (Å²) in [4.78, 5) is 9.64. The molecule has 0 unspecified atom stereocenters. The van der Waals surface area contributed by atoms with Crippen molar-refractivity contribution in [3.05, 3.63) is 235 Å². The van der Waals surface area contributed by atoms with Gasteiger partial charge in [-0.25, -0.2) is 13.8 Å². The number of para-hydroxylation sites is 5. The fourth-order valence-corrected chi connectivity index (χ4v) is 11.2. The summed E-state index contributed by atoms with van der Waals surface area (Å²) < 4.78 is 41.3. The molecule has 0 saturated heterocycles. The predicted octanol–water partition coefficient (Wildman–Crippen LogP) is 18.5. The van der Waals surface area contributed by atoms with Crippen LogP contribution in [-0.4, -0.2) is 20.8 Å². The van der Waals surface area contributed by atoms with E-state index < -0.39 is 0 Å². The summed E-state index contributed by atoms with van der Waals surface area (Å²) >= 11 is 0. The minimum atomic E-state index is -0.305. The molecule has 76 heavy (non-hydrogen) atoms. The van der Waals surface area contributed by atoms with Gasteiger partial charge < -0.3 is 19.1 Å². The van der Waals surface area contributed by atoms with Gasteiger partial charge in [-0.1, -0.05) is 133 Å². The van der Waals surface area contributed by atoms with Gasteiger partial charge in [-0.05, 0) is 130 Å². The molecule has 0 spiro atoms. The summed E-state index contributed by atoms with van der Waals surface area (Å²) in [7, 11) is 0. The van der Waals surface area contributed by atoms with Gasteiger partial charge in [0.05, 0.1) is 44.8 Å². The van der Waals surface area contributed by atoms with Crippen molar-refractivity contribution in [1.82, 2.24) is 14.1 Å². The molecule has 0 fully saturated rings. The first-order valence-electron chi connectivity index (χ1n) is 25.9. The summed E-state index contributed by atoms with van der Waals surface area (Å²) in [6.07, 6.45) is 1.91. The zero-order valence-corrected chi connectivity index (χ0v) is 43.3. The number of aromatic nitrogens is 3. The lowest BCUT2D eigenvalue weighted by Crippen LogP contribution is -2.25. The lowest BCUT2D eigenvalue weighted by molar-refractivity contribution is 0.483. The number of hydrogen-bond donors (Lipinski definition) is 0. The number of halogens is 2. The van der Waals surface area contributed by atoms with Crippen LogP contribution in [0.5, 0.6) is 11.5 Å². The van der Waals surface area contributed by atoms with E-state index in [-0.39, 0.29) is 22.5 Å². The third kappa shape index (κ3) is 8.03. The van der Waals surface area contributed by atoms with Gasteiger partial charge in [-0.3, -0.25) is 4.57 Å². The fourth-order valence-electron chi connectivity index (χ4n) is 11.2. The molecule has 13 rings (SSSR count). The Bertz CT molecular complexity index is 4110. The number of benzene rings is 9. The van der Waals surface area contributed by atoms with Crippen molar-refractivity contribution in [2.75, 3.05) is 16.5 Å². The Kier molecular flexibility index (Phi) is 11.0. The summed E-state index contributed by atoms with van der Waals surface area (Å²) in [5.41, 5.74) is 14.6. The van der Waals surface area contributed by atoms with Gasteiger partial charge >= 0.3 is 0 Å². The van der Waals surface area contributed by atoms with Gasteiger partial charge in [-0.2, -0.15) is 0 Å². The van der Waals surface area contributed by atoms with Crippen molar-refractivity contribution >= 4 is 66.4 Å². The second-order valence-corrected chi connectivity index (χ2v) is 22.0. The third-order valence-corrected chi connectivity index (χ3v) is 15.1. The molecule has 12 aromatic rings. The SMILES string of the molecule is CC(C)(C)c1ccnc(-n2c3ccccc3c3ccc(Oc4cc(N5CN(c6c(-c7ccc(F)cc7)cc(C(C)(C)C)cc6-c6ccc(F)cc6)c6ccccc65)cc(-n5c6ccccc6c6ccccc65)c4)cc32)c1. The number of pyridine rings is 1. The van der Waals surface area contributed by atoms with Gasteiger partial charge in [0.2, 0.25) is 0 Å². The van der Waals surface area contributed by atoms with E-state index in [0.717, 1.165) is 106 Å². The molecule has 9 aromatic carbocycles. The first-order chi connectivity index (χ1) is 36.7. The maximum Gasteiger partial charge on any atom is 0.137 e. The molecule has 0 bridgehead atoms. The van der Waals surface area contributed by atoms with Crippen molar-refractivity contribution < 1.29 is 13.5 Å². The van der Waals surface area contributed by atoms with E-state index >= 15 is 0 Å². The fraction of sp³-hybridized carbons (Fsp3) is 0.132. The standard InChI is InChI=1S/C68H55F2N5O/c1-67(2,3)45-33-34-71-65(37-45)75-61-20-12-9-17-55(61)56-32-31-51(41-64(56)75)76-52-39-49(38-50(40-52)74-59-18-10-7-15-53(59)54-16-8-11-19-60(54)74)72-42-73(63-22-14-13-21-62(63)72)66-57(43-23-27-47(69)28-24-43)35-46(68(4,5)6)36-58(66)44-25-29-48(70)30-26-44/h7-41H,42H2,1-6H3. The number of ether oxygens (including phenoxy) is 1. The zero-order chi connectivity index (χ0) is 52.0. The van der Waals surface area contributed by atoms with Crippen LogP contribution in [0.3, 0.4) is 0 Å². The average molecular weight is 996 g/mol. The number of nitrogens with zero attached hydrogens (tertiary/aromatic N) is 5. The Hall–Kier alpha value is -9.01. The highest BCUT2D eigenvalue weighted by Crippen LogP contribution is 2.52. The minimum Gasteiger partial charge on any atom is -0.457 e. The van der Waals surface area contributed by atoms with Crippen LogP contribution in [0.4, 0.5) is 31.5 Å². The van der Waals surface area contributed by atoms with E-state index in [1.54, 1.807) is 0 Å². The van der Waals surface area contributed by atoms with Crippen LogP contribution in [-0.2, 0) is 10.8 Å². The van der Waals surface area contributed by atoms with E-state index in [1.165, 1.54) is 29.8 Å². The van der Waals surface area contributed by atoms with Crippen LogP contribution >= 0.6 is 0 Å². The molecule has 372 valence electrons. The molecule has 1 aliphatic rings. The second-order valence-electron chi connectivity index (χ2n) is 22.0. The smallest absolute Gasteiger partial charge is 0.137 e.